The van der Waals surface area contributed by atoms with Crippen molar-refractivity contribution in [1.82, 2.24) is 15.4 Å². The summed E-state index contributed by atoms with van der Waals surface area (Å²) >= 11 is 0. The minimum atomic E-state index is -3.48. The number of nitrogens with zero attached hydrogens (tertiary/aromatic N) is 1. The fraction of sp³-hybridized carbons (Fsp3) is 0.409. The van der Waals surface area contributed by atoms with Crippen molar-refractivity contribution in [3.63, 3.8) is 0 Å². The number of hydrogen-bond donors (Lipinski definition) is 3. The molecule has 8 heteroatoms. The molecule has 3 N–H and O–H groups in total. The van der Waals surface area contributed by atoms with E-state index in [1.165, 1.54) is 7.05 Å². The van der Waals surface area contributed by atoms with Gasteiger partial charge in [-0.25, -0.2) is 18.1 Å². The van der Waals surface area contributed by atoms with E-state index in [0.717, 1.165) is 28.9 Å². The van der Waals surface area contributed by atoms with E-state index < -0.39 is 10.0 Å². The normalized spacial score (nSPS) is 11.9. The van der Waals surface area contributed by atoms with Crippen molar-refractivity contribution in [3.8, 4) is 5.75 Å². The number of benzene rings is 2. The number of guanidine groups is 1. The van der Waals surface area contributed by atoms with Gasteiger partial charge in [0.1, 0.15) is 5.75 Å². The molecule has 0 radical (unpaired) electrons. The van der Waals surface area contributed by atoms with Gasteiger partial charge in [0.25, 0.3) is 0 Å². The topological polar surface area (TPSA) is 91.8 Å². The highest BCUT2D eigenvalue weighted by atomic mass is 32.2. The molecule has 0 unspecified atom stereocenters. The lowest BCUT2D eigenvalue weighted by molar-refractivity contribution is 0.313. The van der Waals surface area contributed by atoms with Crippen molar-refractivity contribution < 1.29 is 13.2 Å². The summed E-state index contributed by atoms with van der Waals surface area (Å²) in [5.74, 6) is 1.53. The molecule has 0 aliphatic carbocycles. The molecule has 0 heterocycles. The standard InChI is InChI=1S/C22H32N4O3S/c1-5-12-29-21-13-17(3)10-11-19(21)16-26-22(24-6-2)25-15-18-8-7-9-20(14-18)30(27,28)23-4/h7-11,13-14,23H,5-6,12,15-16H2,1-4H3,(H2,24,25,26). The van der Waals surface area contributed by atoms with Crippen LogP contribution in [0.5, 0.6) is 5.75 Å². The van der Waals surface area contributed by atoms with Gasteiger partial charge in [0.05, 0.1) is 18.0 Å². The van der Waals surface area contributed by atoms with E-state index >= 15 is 0 Å². The highest BCUT2D eigenvalue weighted by Gasteiger charge is 2.11. The van der Waals surface area contributed by atoms with Crippen LogP contribution >= 0.6 is 0 Å². The molecule has 30 heavy (non-hydrogen) atoms. The van der Waals surface area contributed by atoms with E-state index in [4.69, 9.17) is 4.74 Å². The molecule has 0 saturated carbocycles. The van der Waals surface area contributed by atoms with E-state index in [0.29, 0.717) is 32.2 Å². The molecule has 0 bridgehead atoms. The van der Waals surface area contributed by atoms with Crippen molar-refractivity contribution in [3.05, 3.63) is 59.2 Å². The molecule has 0 aliphatic rings. The van der Waals surface area contributed by atoms with E-state index in [-0.39, 0.29) is 4.90 Å². The molecule has 0 aromatic heterocycles. The number of nitrogens with one attached hydrogen (secondary N) is 3. The predicted octanol–water partition coefficient (Wildman–Crippen LogP) is 2.95. The number of rotatable bonds is 10. The summed E-state index contributed by atoms with van der Waals surface area (Å²) in [4.78, 5) is 4.83. The smallest absolute Gasteiger partial charge is 0.240 e. The highest BCUT2D eigenvalue weighted by molar-refractivity contribution is 7.89. The van der Waals surface area contributed by atoms with Gasteiger partial charge in [0.2, 0.25) is 10.0 Å². The van der Waals surface area contributed by atoms with E-state index in [9.17, 15) is 8.42 Å². The van der Waals surface area contributed by atoms with Crippen molar-refractivity contribution in [2.24, 2.45) is 4.99 Å². The zero-order valence-electron chi connectivity index (χ0n) is 18.2. The summed E-state index contributed by atoms with van der Waals surface area (Å²) in [6.45, 7) is 8.45. The van der Waals surface area contributed by atoms with Crippen molar-refractivity contribution in [1.29, 1.82) is 0 Å². The molecular formula is C22H32N4O3S. The second kappa shape index (κ2) is 11.6. The Kier molecular flexibility index (Phi) is 9.14. The van der Waals surface area contributed by atoms with Gasteiger partial charge < -0.3 is 15.4 Å². The van der Waals surface area contributed by atoms with Crippen LogP contribution in [0.4, 0.5) is 0 Å². The maximum absolute atomic E-state index is 12.0. The Morgan fingerprint density at radius 3 is 2.60 bits per heavy atom. The van der Waals surface area contributed by atoms with Gasteiger partial charge in [-0.1, -0.05) is 31.2 Å². The fourth-order valence-electron chi connectivity index (χ4n) is 2.77. The van der Waals surface area contributed by atoms with Gasteiger partial charge in [-0.15, -0.1) is 0 Å². The number of aliphatic imine (C=N–C) groups is 1. The Labute approximate surface area is 180 Å². The van der Waals surface area contributed by atoms with Crippen LogP contribution in [0.2, 0.25) is 0 Å². The Hall–Kier alpha value is -2.58. The first-order chi connectivity index (χ1) is 14.4. The van der Waals surface area contributed by atoms with Crippen LogP contribution in [0, 0.1) is 6.92 Å². The summed E-state index contributed by atoms with van der Waals surface area (Å²) in [5.41, 5.74) is 3.02. The minimum absolute atomic E-state index is 0.230. The molecule has 2 aromatic carbocycles. The zero-order chi connectivity index (χ0) is 22.0. The third-order valence-corrected chi connectivity index (χ3v) is 5.78. The number of hydrogen-bond acceptors (Lipinski definition) is 4. The van der Waals surface area contributed by atoms with Crippen molar-refractivity contribution in [2.75, 3.05) is 20.2 Å². The van der Waals surface area contributed by atoms with Gasteiger partial charge in [-0.3, -0.25) is 0 Å². The van der Waals surface area contributed by atoms with Gasteiger partial charge in [0, 0.05) is 18.7 Å². The van der Waals surface area contributed by atoms with Crippen LogP contribution in [0.3, 0.4) is 0 Å². The molecule has 0 aliphatic heterocycles. The van der Waals surface area contributed by atoms with E-state index in [2.05, 4.69) is 39.4 Å². The Bertz CT molecular complexity index is 959. The lowest BCUT2D eigenvalue weighted by Crippen LogP contribution is -2.36. The molecule has 0 fully saturated rings. The molecule has 2 aromatic rings. The van der Waals surface area contributed by atoms with Crippen LogP contribution in [0.25, 0.3) is 0 Å². The molecule has 0 spiro atoms. The quantitative estimate of drug-likeness (QED) is 0.397. The first-order valence-electron chi connectivity index (χ1n) is 10.2. The van der Waals surface area contributed by atoms with Crippen LogP contribution in [-0.4, -0.2) is 34.6 Å². The average Bonchev–Trinajstić information content (AvgIpc) is 2.75. The van der Waals surface area contributed by atoms with E-state index in [1.807, 2.05) is 26.0 Å². The minimum Gasteiger partial charge on any atom is -0.493 e. The van der Waals surface area contributed by atoms with E-state index in [1.54, 1.807) is 18.2 Å². The van der Waals surface area contributed by atoms with Gasteiger partial charge in [-0.2, -0.15) is 0 Å². The highest BCUT2D eigenvalue weighted by Crippen LogP contribution is 2.20. The second-order valence-corrected chi connectivity index (χ2v) is 8.75. The third-order valence-electron chi connectivity index (χ3n) is 4.37. The van der Waals surface area contributed by atoms with Gasteiger partial charge in [0.15, 0.2) is 5.96 Å². The maximum Gasteiger partial charge on any atom is 0.240 e. The van der Waals surface area contributed by atoms with Crippen molar-refractivity contribution >= 4 is 16.0 Å². The van der Waals surface area contributed by atoms with Crippen LogP contribution < -0.4 is 20.1 Å². The first-order valence-corrected chi connectivity index (χ1v) is 11.6. The summed E-state index contributed by atoms with van der Waals surface area (Å²) in [7, 11) is -2.08. The Morgan fingerprint density at radius 1 is 1.10 bits per heavy atom. The molecule has 0 atom stereocenters. The molecule has 7 nitrogen and oxygen atoms in total. The fourth-order valence-corrected chi connectivity index (χ4v) is 3.57. The summed E-state index contributed by atoms with van der Waals surface area (Å²) < 4.78 is 32.2. The predicted molar refractivity (Wildman–Crippen MR) is 121 cm³/mol. The first kappa shape index (κ1) is 23.7. The number of ether oxygens (including phenoxy) is 1. The SMILES string of the molecule is CCCOc1cc(C)ccc1CNC(=NCc1cccc(S(=O)(=O)NC)c1)NCC. The maximum atomic E-state index is 12.0. The molecular weight excluding hydrogens is 400 g/mol. The van der Waals surface area contributed by atoms with Crippen LogP contribution in [0.1, 0.15) is 37.0 Å². The monoisotopic (exact) mass is 432 g/mol. The Morgan fingerprint density at radius 2 is 1.90 bits per heavy atom. The van der Waals surface area contributed by atoms with Gasteiger partial charge >= 0.3 is 0 Å². The summed E-state index contributed by atoms with van der Waals surface area (Å²) in [6.07, 6.45) is 0.952. The summed E-state index contributed by atoms with van der Waals surface area (Å²) in [6, 6.07) is 13.0. The third kappa shape index (κ3) is 7.03. The molecule has 2 rings (SSSR count). The second-order valence-electron chi connectivity index (χ2n) is 6.86. The zero-order valence-corrected chi connectivity index (χ0v) is 19.0. The number of aryl methyl sites for hydroxylation is 1. The van der Waals surface area contributed by atoms with Crippen LogP contribution in [0.15, 0.2) is 52.4 Å². The molecule has 0 amide bonds. The molecule has 0 saturated heterocycles. The average molecular weight is 433 g/mol. The Balaban J connectivity index is 2.12. The van der Waals surface area contributed by atoms with Crippen LogP contribution in [-0.2, 0) is 23.1 Å². The lowest BCUT2D eigenvalue weighted by atomic mass is 10.1. The largest absolute Gasteiger partial charge is 0.493 e. The summed E-state index contributed by atoms with van der Waals surface area (Å²) in [5, 5.41) is 6.55. The molecule has 164 valence electrons. The van der Waals surface area contributed by atoms with Gasteiger partial charge in [-0.05, 0) is 56.6 Å². The number of sulfonamides is 1. The van der Waals surface area contributed by atoms with Crippen molar-refractivity contribution in [2.45, 2.75) is 45.2 Å². The lowest BCUT2D eigenvalue weighted by Gasteiger charge is -2.15.